The van der Waals surface area contributed by atoms with Gasteiger partial charge in [-0.3, -0.25) is 9.59 Å². The van der Waals surface area contributed by atoms with Crippen LogP contribution < -0.4 is 10.1 Å². The third-order valence-electron chi connectivity index (χ3n) is 9.63. The molecule has 5 atom stereocenters. The highest BCUT2D eigenvalue weighted by Gasteiger charge is 2.53. The first-order valence-electron chi connectivity index (χ1n) is 17.4. The Morgan fingerprint density at radius 3 is 2.26 bits per heavy atom. The predicted octanol–water partition coefficient (Wildman–Crippen LogP) is 8.85. The molecule has 0 saturated carbocycles. The van der Waals surface area contributed by atoms with E-state index < -0.39 is 56.4 Å². The lowest BCUT2D eigenvalue weighted by Gasteiger charge is -2.53. The number of anilines is 1. The van der Waals surface area contributed by atoms with Crippen LogP contribution in [0.2, 0.25) is 10.0 Å². The summed E-state index contributed by atoms with van der Waals surface area (Å²) in [7, 11) is -1.95. The second-order valence-corrected chi connectivity index (χ2v) is 17.8. The molecule has 0 aromatic heterocycles. The maximum Gasteiger partial charge on any atom is 0.441 e. The highest BCUT2D eigenvalue weighted by atomic mass is 35.5. The first-order valence-corrected chi connectivity index (χ1v) is 19.9. The SMILES string of the molecule is CCOC(=O)N=S(=O)(CC(C(C)C)N1C(=O)[C@@](C)(CC(=O)Nc2ccc(C(=O)O)c(OC)c2)C[C@H](c2cccc(Cl)c2)[C@H]1c1ccc(Cl)cc1)C(C)C. The van der Waals surface area contributed by atoms with Gasteiger partial charge in [-0.15, -0.1) is 4.36 Å². The summed E-state index contributed by atoms with van der Waals surface area (Å²) in [4.78, 5) is 55.2. The van der Waals surface area contributed by atoms with Crippen molar-refractivity contribution in [3.8, 4) is 5.75 Å². The zero-order valence-electron chi connectivity index (χ0n) is 30.9. The molecular weight excluding hydrogens is 741 g/mol. The zero-order valence-corrected chi connectivity index (χ0v) is 33.3. The van der Waals surface area contributed by atoms with E-state index in [1.807, 2.05) is 44.2 Å². The maximum atomic E-state index is 15.3. The number of carbonyl (C=O) groups excluding carboxylic acids is 3. The van der Waals surface area contributed by atoms with Crippen LogP contribution in [0.3, 0.4) is 0 Å². The van der Waals surface area contributed by atoms with E-state index in [1.165, 1.54) is 25.3 Å². The summed E-state index contributed by atoms with van der Waals surface area (Å²) in [6.45, 7) is 10.7. The summed E-state index contributed by atoms with van der Waals surface area (Å²) >= 11 is 12.9. The molecule has 2 N–H and O–H groups in total. The molecule has 0 aliphatic carbocycles. The number of halogens is 2. The summed E-state index contributed by atoms with van der Waals surface area (Å²) in [5, 5.41) is 12.8. The highest BCUT2D eigenvalue weighted by molar-refractivity contribution is 7.94. The number of carboxylic acid groups (broad SMARTS) is 1. The molecule has 3 amide bonds. The number of amides is 3. The summed E-state index contributed by atoms with van der Waals surface area (Å²) < 4.78 is 29.0. The number of carboxylic acids is 1. The Bertz CT molecular complexity index is 1960. The molecule has 3 aromatic rings. The Morgan fingerprint density at radius 1 is 1.02 bits per heavy atom. The van der Waals surface area contributed by atoms with Crippen LogP contribution in [0, 0.1) is 11.3 Å². The molecule has 1 aliphatic rings. The van der Waals surface area contributed by atoms with Crippen molar-refractivity contribution in [1.82, 2.24) is 4.90 Å². The number of ether oxygens (including phenoxy) is 2. The molecular formula is C39H47Cl2N3O8S. The third kappa shape index (κ3) is 9.71. The number of hydrogen-bond acceptors (Lipinski definition) is 7. The van der Waals surface area contributed by atoms with E-state index in [4.69, 9.17) is 32.7 Å². The van der Waals surface area contributed by atoms with Crippen molar-refractivity contribution in [2.45, 2.75) is 77.6 Å². The molecule has 1 saturated heterocycles. The smallest absolute Gasteiger partial charge is 0.441 e. The molecule has 1 heterocycles. The fourth-order valence-corrected chi connectivity index (χ4v) is 9.20. The van der Waals surface area contributed by atoms with E-state index in [0.717, 1.165) is 11.1 Å². The van der Waals surface area contributed by atoms with Gasteiger partial charge < -0.3 is 24.8 Å². The number of likely N-dealkylation sites (tertiary alicyclic amines) is 1. The van der Waals surface area contributed by atoms with Gasteiger partial charge in [0.25, 0.3) is 0 Å². The van der Waals surface area contributed by atoms with Crippen molar-refractivity contribution in [3.63, 3.8) is 0 Å². The molecule has 11 nitrogen and oxygen atoms in total. The average molecular weight is 789 g/mol. The van der Waals surface area contributed by atoms with Crippen molar-refractivity contribution < 1.29 is 38.0 Å². The number of piperidine rings is 1. The van der Waals surface area contributed by atoms with Gasteiger partial charge in [-0.25, -0.2) is 13.8 Å². The number of nitrogens with one attached hydrogen (secondary N) is 1. The number of nitrogens with zero attached hydrogens (tertiary/aromatic N) is 2. The molecule has 1 fully saturated rings. The van der Waals surface area contributed by atoms with E-state index in [9.17, 15) is 23.7 Å². The Balaban J connectivity index is 1.90. The number of aromatic carboxylic acids is 1. The minimum atomic E-state index is -3.28. The maximum absolute atomic E-state index is 15.3. The van der Waals surface area contributed by atoms with E-state index in [1.54, 1.807) is 50.8 Å². The Labute approximate surface area is 321 Å². The van der Waals surface area contributed by atoms with Crippen molar-refractivity contribution in [3.05, 3.63) is 93.5 Å². The Morgan fingerprint density at radius 2 is 1.70 bits per heavy atom. The highest BCUT2D eigenvalue weighted by Crippen LogP contribution is 2.53. The van der Waals surface area contributed by atoms with Crippen LogP contribution in [0.15, 0.2) is 71.1 Å². The summed E-state index contributed by atoms with van der Waals surface area (Å²) in [6.07, 6.45) is -0.936. The second kappa shape index (κ2) is 17.3. The van der Waals surface area contributed by atoms with E-state index in [0.29, 0.717) is 15.7 Å². The van der Waals surface area contributed by atoms with Crippen molar-refractivity contribution >= 4 is 62.5 Å². The number of methoxy groups -OCH3 is 1. The number of rotatable bonds is 13. The largest absolute Gasteiger partial charge is 0.496 e. The molecule has 3 aromatic carbocycles. The Hall–Kier alpha value is -4.13. The van der Waals surface area contributed by atoms with Gasteiger partial charge in [0.05, 0.1) is 40.7 Å². The monoisotopic (exact) mass is 787 g/mol. The molecule has 4 rings (SSSR count). The fourth-order valence-electron chi connectivity index (χ4n) is 6.87. The van der Waals surface area contributed by atoms with Gasteiger partial charge in [0, 0.05) is 45.4 Å². The lowest BCUT2D eigenvalue weighted by atomic mass is 9.66. The lowest BCUT2D eigenvalue weighted by molar-refractivity contribution is -0.157. The quantitative estimate of drug-likeness (QED) is 0.174. The number of benzene rings is 3. The van der Waals surface area contributed by atoms with Gasteiger partial charge in [-0.1, -0.05) is 82.1 Å². The minimum absolute atomic E-state index is 0.0605. The molecule has 53 heavy (non-hydrogen) atoms. The van der Waals surface area contributed by atoms with Gasteiger partial charge in [0.2, 0.25) is 11.8 Å². The van der Waals surface area contributed by atoms with Crippen molar-refractivity contribution in [2.24, 2.45) is 15.7 Å². The number of carbonyl (C=O) groups is 4. The van der Waals surface area contributed by atoms with Crippen molar-refractivity contribution in [1.29, 1.82) is 0 Å². The van der Waals surface area contributed by atoms with E-state index >= 15 is 4.79 Å². The van der Waals surface area contributed by atoms with Gasteiger partial charge in [-0.05, 0) is 66.8 Å². The minimum Gasteiger partial charge on any atom is -0.496 e. The molecule has 0 spiro atoms. The standard InChI is InChI=1S/C39H47Cl2N3O8S/c1-8-52-38(49)43-53(50,24(4)5)22-32(23(2)3)44-35(25-12-14-27(40)15-13-25)31(26-10-9-11-28(41)18-26)20-39(6,37(44)48)21-34(45)42-29-16-17-30(36(46)47)33(19-29)51-7/h9-19,23-24,31-32,35H,8,20-22H2,1-7H3,(H,42,45)(H,46,47)/t31-,32?,35-,39-,53?/m1/s1. The first-order chi connectivity index (χ1) is 24.9. The van der Waals surface area contributed by atoms with Crippen LogP contribution in [-0.2, 0) is 24.1 Å². The lowest BCUT2D eigenvalue weighted by Crippen LogP contribution is -2.59. The average Bonchev–Trinajstić information content (AvgIpc) is 3.08. The molecule has 14 heteroatoms. The zero-order chi connectivity index (χ0) is 39.2. The normalized spacial score (nSPS) is 20.4. The van der Waals surface area contributed by atoms with Crippen LogP contribution in [-0.4, -0.2) is 68.9 Å². The van der Waals surface area contributed by atoms with Crippen molar-refractivity contribution in [2.75, 3.05) is 24.8 Å². The van der Waals surface area contributed by atoms with Crippen LogP contribution in [0.1, 0.15) is 87.8 Å². The van der Waals surface area contributed by atoms with Crippen LogP contribution >= 0.6 is 23.2 Å². The van der Waals surface area contributed by atoms with E-state index in [2.05, 4.69) is 9.68 Å². The third-order valence-corrected chi connectivity index (χ3v) is 12.9. The first kappa shape index (κ1) is 41.6. The fraction of sp³-hybridized carbons (Fsp3) is 0.436. The Kier molecular flexibility index (Phi) is 13.6. The topological polar surface area (TPSA) is 152 Å². The van der Waals surface area contributed by atoms with Gasteiger partial charge in [0.15, 0.2) is 0 Å². The molecule has 1 aliphatic heterocycles. The van der Waals surface area contributed by atoms with Gasteiger partial charge >= 0.3 is 12.1 Å². The molecule has 2 unspecified atom stereocenters. The summed E-state index contributed by atoms with van der Waals surface area (Å²) in [6, 6.07) is 17.4. The van der Waals surface area contributed by atoms with Gasteiger partial charge in [-0.2, -0.15) is 0 Å². The molecule has 0 bridgehead atoms. The second-order valence-electron chi connectivity index (χ2n) is 14.1. The predicted molar refractivity (Wildman–Crippen MR) is 207 cm³/mol. The van der Waals surface area contributed by atoms with Crippen LogP contribution in [0.25, 0.3) is 0 Å². The number of hydrogen-bond donors (Lipinski definition) is 2. The van der Waals surface area contributed by atoms with Crippen LogP contribution in [0.4, 0.5) is 10.5 Å². The summed E-state index contributed by atoms with van der Waals surface area (Å²) in [5.41, 5.74) is 0.534. The molecule has 286 valence electrons. The molecule has 0 radical (unpaired) electrons. The summed E-state index contributed by atoms with van der Waals surface area (Å²) in [5.74, 6) is -2.75. The van der Waals surface area contributed by atoms with Crippen LogP contribution in [0.5, 0.6) is 5.75 Å². The van der Waals surface area contributed by atoms with Gasteiger partial charge in [0.1, 0.15) is 11.3 Å². The van der Waals surface area contributed by atoms with E-state index in [-0.39, 0.29) is 48.3 Å².